The minimum atomic E-state index is -2.10. The van der Waals surface area contributed by atoms with E-state index >= 15 is 0 Å². The third-order valence-electron chi connectivity index (χ3n) is 10.1. The van der Waals surface area contributed by atoms with Gasteiger partial charge < -0.3 is 73.8 Å². The quantitative estimate of drug-likeness (QED) is 0.0556. The van der Waals surface area contributed by atoms with Gasteiger partial charge in [0.05, 0.1) is 22.5 Å². The summed E-state index contributed by atoms with van der Waals surface area (Å²) in [6.07, 6.45) is -4.66. The summed E-state index contributed by atoms with van der Waals surface area (Å²) in [6, 6.07) is 5.20. The highest BCUT2D eigenvalue weighted by atomic mass is 35.5. The number of carbonyl (C=O) groups excluding carboxylic acids is 6. The van der Waals surface area contributed by atoms with Gasteiger partial charge in [-0.3, -0.25) is 28.8 Å². The maximum Gasteiger partial charge on any atom is 0.329 e. The fraction of sp³-hybridized carbons (Fsp3) is 0.295. The van der Waals surface area contributed by atoms with Gasteiger partial charge in [-0.1, -0.05) is 73.4 Å². The zero-order valence-corrected chi connectivity index (χ0v) is 37.1. The van der Waals surface area contributed by atoms with Gasteiger partial charge in [-0.05, 0) is 83.1 Å². The number of phenols is 4. The number of aromatic hydroxyl groups is 4. The second-order valence-electron chi connectivity index (χ2n) is 15.7. The van der Waals surface area contributed by atoms with Crippen LogP contribution in [-0.4, -0.2) is 101 Å². The van der Waals surface area contributed by atoms with E-state index in [4.69, 9.17) is 34.7 Å². The average molecular weight is 971 g/mol. The first-order chi connectivity index (χ1) is 31.5. The molecule has 21 nitrogen and oxygen atoms in total. The van der Waals surface area contributed by atoms with Gasteiger partial charge >= 0.3 is 5.97 Å². The summed E-state index contributed by atoms with van der Waals surface area (Å²) in [5, 5.41) is 83.3. The van der Waals surface area contributed by atoms with E-state index in [9.17, 15) is 69.3 Å². The molecule has 0 aliphatic rings. The maximum absolute atomic E-state index is 14.4. The lowest BCUT2D eigenvalue weighted by Crippen LogP contribution is -2.59. The Labute approximate surface area is 392 Å². The molecular formula is C44H49Cl2N7O14. The first kappa shape index (κ1) is 52.5. The lowest BCUT2D eigenvalue weighted by molar-refractivity contribution is -0.146. The molecule has 0 aromatic heterocycles. The van der Waals surface area contributed by atoms with Crippen LogP contribution in [0.2, 0.25) is 10.0 Å². The van der Waals surface area contributed by atoms with E-state index in [2.05, 4.69) is 26.6 Å². The highest BCUT2D eigenvalue weighted by molar-refractivity contribution is 6.32. The number of primary amides is 1. The van der Waals surface area contributed by atoms with Crippen LogP contribution < -0.4 is 38.1 Å². The van der Waals surface area contributed by atoms with Crippen molar-refractivity contribution in [3.63, 3.8) is 0 Å². The Bertz CT molecular complexity index is 2460. The summed E-state index contributed by atoms with van der Waals surface area (Å²) in [6.45, 7) is 3.56. The highest BCUT2D eigenvalue weighted by Crippen LogP contribution is 2.30. The number of nitrogens with two attached hydrogens (primary N) is 2. The van der Waals surface area contributed by atoms with Crippen molar-refractivity contribution >= 4 is 64.6 Å². The number of carbonyl (C=O) groups is 7. The molecule has 358 valence electrons. The van der Waals surface area contributed by atoms with Gasteiger partial charge in [0.25, 0.3) is 0 Å². The number of rotatable bonds is 21. The molecule has 4 rings (SSSR count). The number of benzene rings is 4. The van der Waals surface area contributed by atoms with Crippen molar-refractivity contribution in [2.45, 2.75) is 75.1 Å². The van der Waals surface area contributed by atoms with Gasteiger partial charge in [0.1, 0.15) is 59.4 Å². The Balaban J connectivity index is 1.70. The highest BCUT2D eigenvalue weighted by Gasteiger charge is 2.38. The predicted molar refractivity (Wildman–Crippen MR) is 239 cm³/mol. The number of aliphatic hydroxyl groups excluding tert-OH is 2. The van der Waals surface area contributed by atoms with Crippen LogP contribution in [0.15, 0.2) is 84.9 Å². The molecule has 8 atom stereocenters. The lowest BCUT2D eigenvalue weighted by atomic mass is 9.98. The van der Waals surface area contributed by atoms with E-state index < -0.39 is 96.3 Å². The lowest BCUT2D eigenvalue weighted by Gasteiger charge is -2.29. The van der Waals surface area contributed by atoms with Crippen molar-refractivity contribution in [1.82, 2.24) is 26.6 Å². The molecule has 67 heavy (non-hydrogen) atoms. The Morgan fingerprint density at radius 2 is 0.955 bits per heavy atom. The van der Waals surface area contributed by atoms with Crippen molar-refractivity contribution in [1.29, 1.82) is 0 Å². The maximum atomic E-state index is 14.4. The van der Waals surface area contributed by atoms with Crippen LogP contribution in [0.25, 0.3) is 0 Å². The Morgan fingerprint density at radius 1 is 0.552 bits per heavy atom. The predicted octanol–water partition coefficient (Wildman–Crippen LogP) is 1.09. The fourth-order valence-electron chi connectivity index (χ4n) is 6.55. The number of amides is 6. The minimum absolute atomic E-state index is 0.0562. The van der Waals surface area contributed by atoms with Crippen LogP contribution in [0.1, 0.15) is 73.2 Å². The van der Waals surface area contributed by atoms with Gasteiger partial charge in [0.2, 0.25) is 35.4 Å². The third-order valence-corrected chi connectivity index (χ3v) is 10.7. The van der Waals surface area contributed by atoms with E-state index in [1.165, 1.54) is 30.3 Å². The van der Waals surface area contributed by atoms with Crippen LogP contribution in [0.5, 0.6) is 23.0 Å². The first-order valence-corrected chi connectivity index (χ1v) is 20.9. The van der Waals surface area contributed by atoms with Gasteiger partial charge in [0.15, 0.2) is 6.04 Å². The summed E-state index contributed by atoms with van der Waals surface area (Å²) in [7, 11) is 0. The van der Waals surface area contributed by atoms with Crippen LogP contribution in [0, 0.1) is 5.92 Å². The topological polar surface area (TPSA) is 373 Å². The molecule has 0 saturated heterocycles. The molecule has 0 saturated carbocycles. The number of hydrogen-bond donors (Lipinski definition) is 14. The second-order valence-corrected chi connectivity index (χ2v) is 16.5. The van der Waals surface area contributed by atoms with Crippen LogP contribution in [0.3, 0.4) is 0 Å². The van der Waals surface area contributed by atoms with E-state index in [0.717, 1.165) is 54.6 Å². The molecule has 0 aliphatic carbocycles. The number of phenolic OH excluding ortho intramolecular Hbond substituents is 4. The van der Waals surface area contributed by atoms with Crippen molar-refractivity contribution < 1.29 is 69.3 Å². The van der Waals surface area contributed by atoms with Crippen LogP contribution in [0.4, 0.5) is 0 Å². The normalized spacial score (nSPS) is 14.7. The molecule has 0 fully saturated rings. The number of halogens is 2. The van der Waals surface area contributed by atoms with Crippen molar-refractivity contribution in [3.05, 3.63) is 117 Å². The van der Waals surface area contributed by atoms with Gasteiger partial charge in [0, 0.05) is 0 Å². The Morgan fingerprint density at radius 3 is 1.37 bits per heavy atom. The van der Waals surface area contributed by atoms with Gasteiger partial charge in [-0.2, -0.15) is 0 Å². The molecule has 23 heteroatoms. The molecule has 16 N–H and O–H groups in total. The molecule has 4 aromatic rings. The number of carboxylic acid groups (broad SMARTS) is 1. The van der Waals surface area contributed by atoms with Gasteiger partial charge in [-0.25, -0.2) is 4.79 Å². The number of aliphatic carboxylic acids is 1. The molecule has 0 heterocycles. The summed E-state index contributed by atoms with van der Waals surface area (Å²) in [5.74, 6) is -10.1. The summed E-state index contributed by atoms with van der Waals surface area (Å²) in [5.41, 5.74) is 11.2. The van der Waals surface area contributed by atoms with E-state index in [1.807, 2.05) is 0 Å². The van der Waals surface area contributed by atoms with E-state index in [0.29, 0.717) is 0 Å². The molecule has 0 spiro atoms. The smallest absolute Gasteiger partial charge is 0.329 e. The number of hydrogen-bond acceptors (Lipinski definition) is 14. The number of nitrogens with one attached hydrogen (secondary N) is 5. The summed E-state index contributed by atoms with van der Waals surface area (Å²) in [4.78, 5) is 94.6. The average Bonchev–Trinajstić information content (AvgIpc) is 3.26. The Hall–Kier alpha value is -7.17. The number of aliphatic hydroxyl groups is 2. The largest absolute Gasteiger partial charge is 0.508 e. The Kier molecular flexibility index (Phi) is 18.3. The zero-order chi connectivity index (χ0) is 49.9. The molecule has 0 bridgehead atoms. The standard InChI is InChI=1S/C44H49Cl2N7O14/c1-19(2)15-28(47)39(61)52-35(37(59)22-7-13-30(56)26(45)16-22)43(65)49-29(18-32(48)58)40(62)50-33(20-3-9-24(54)10-4-20)41(63)51-34(21-5-11-25(55)12-6-21)42(64)53-36(44(66)67)38(60)23-8-14-31(57)27(46)17-23/h3-14,16-17,19,28-29,33-38,54-57,59-60H,15,18,47H2,1-2H3,(H2,48,58)(H,49,65)(H,50,62)(H,51,63)(H,52,61)(H,53,64)(H,66,67). The minimum Gasteiger partial charge on any atom is -0.508 e. The van der Waals surface area contributed by atoms with Crippen molar-refractivity contribution in [2.75, 3.05) is 0 Å². The summed E-state index contributed by atoms with van der Waals surface area (Å²) < 4.78 is 0. The van der Waals surface area contributed by atoms with E-state index in [1.54, 1.807) is 13.8 Å². The number of carboxylic acids is 1. The molecule has 0 radical (unpaired) electrons. The van der Waals surface area contributed by atoms with Crippen LogP contribution in [-0.2, 0) is 33.6 Å². The van der Waals surface area contributed by atoms with E-state index in [-0.39, 0.29) is 67.6 Å². The van der Waals surface area contributed by atoms with Crippen molar-refractivity contribution in [2.24, 2.45) is 17.4 Å². The third kappa shape index (κ3) is 14.4. The summed E-state index contributed by atoms with van der Waals surface area (Å²) >= 11 is 12.0. The van der Waals surface area contributed by atoms with Crippen LogP contribution >= 0.6 is 23.2 Å². The zero-order valence-electron chi connectivity index (χ0n) is 35.6. The fourth-order valence-corrected chi connectivity index (χ4v) is 6.93. The van der Waals surface area contributed by atoms with Crippen molar-refractivity contribution in [3.8, 4) is 23.0 Å². The molecule has 0 aliphatic heterocycles. The van der Waals surface area contributed by atoms with Gasteiger partial charge in [-0.15, -0.1) is 0 Å². The second kappa shape index (κ2) is 23.3. The monoisotopic (exact) mass is 969 g/mol. The molecule has 4 aromatic carbocycles. The first-order valence-electron chi connectivity index (χ1n) is 20.2. The molecular weight excluding hydrogens is 921 g/mol. The SMILES string of the molecule is CC(C)CC(N)C(=O)NC(C(=O)NC(CC(N)=O)C(=O)NC(C(=O)NC(C(=O)NC(C(=O)O)C(O)c1ccc(O)c(Cl)c1)c1ccc(O)cc1)c1ccc(O)cc1)C(O)c1ccc(O)c(Cl)c1. The molecule has 6 amide bonds. The molecule has 8 unspecified atom stereocenters.